The van der Waals surface area contributed by atoms with Crippen molar-refractivity contribution in [1.29, 1.82) is 0 Å². The normalized spacial score (nSPS) is 20.5. The van der Waals surface area contributed by atoms with Gasteiger partial charge in [-0.2, -0.15) is 13.2 Å². The fraction of sp³-hybridized carbons (Fsp3) is 1.00. The zero-order valence-electron chi connectivity index (χ0n) is 10.2. The fourth-order valence-corrected chi connectivity index (χ4v) is 2.56. The number of alkyl halides is 3. The highest BCUT2D eigenvalue weighted by Gasteiger charge is 2.28. The van der Waals surface area contributed by atoms with Crippen LogP contribution in [-0.4, -0.2) is 12.2 Å². The van der Waals surface area contributed by atoms with Crippen LogP contribution in [-0.2, 0) is 0 Å². The Morgan fingerprint density at radius 3 is 2.29 bits per heavy atom. The third-order valence-corrected chi connectivity index (χ3v) is 3.66. The first-order chi connectivity index (χ1) is 8.01. The molecule has 5 heteroatoms. The number of nitrogens with two attached hydrogens (primary N) is 1. The minimum absolute atomic E-state index is 0.0900. The lowest BCUT2D eigenvalue weighted by molar-refractivity contribution is -0.136. The van der Waals surface area contributed by atoms with Crippen LogP contribution in [0.3, 0.4) is 0 Å². The first-order valence-electron chi connectivity index (χ1n) is 6.54. The lowest BCUT2D eigenvalue weighted by Crippen LogP contribution is -2.36. The molecular formula is C12H23F3N2. The number of halogens is 3. The highest BCUT2D eigenvalue weighted by Crippen LogP contribution is 2.29. The Morgan fingerprint density at radius 2 is 1.76 bits per heavy atom. The SMILES string of the molecule is NNC(CCC1CCCCC1)CCC(F)(F)F. The van der Waals surface area contributed by atoms with Crippen LogP contribution < -0.4 is 11.3 Å². The molecule has 0 aromatic carbocycles. The predicted octanol–water partition coefficient (Wildman–Crippen LogP) is 3.52. The number of nitrogens with one attached hydrogen (secondary N) is 1. The van der Waals surface area contributed by atoms with Crippen molar-refractivity contribution in [1.82, 2.24) is 5.43 Å². The van der Waals surface area contributed by atoms with Crippen LogP contribution in [0.4, 0.5) is 13.2 Å². The van der Waals surface area contributed by atoms with Crippen molar-refractivity contribution >= 4 is 0 Å². The predicted molar refractivity (Wildman–Crippen MR) is 62.2 cm³/mol. The molecule has 0 saturated heterocycles. The molecular weight excluding hydrogens is 229 g/mol. The van der Waals surface area contributed by atoms with Crippen molar-refractivity contribution in [2.75, 3.05) is 0 Å². The fourth-order valence-electron chi connectivity index (χ4n) is 2.56. The maximum atomic E-state index is 12.1. The van der Waals surface area contributed by atoms with Crippen molar-refractivity contribution in [2.24, 2.45) is 11.8 Å². The van der Waals surface area contributed by atoms with Gasteiger partial charge in [0, 0.05) is 12.5 Å². The summed E-state index contributed by atoms with van der Waals surface area (Å²) in [6, 6.07) is -0.196. The lowest BCUT2D eigenvalue weighted by Gasteiger charge is -2.24. The Labute approximate surface area is 101 Å². The van der Waals surface area contributed by atoms with Crippen molar-refractivity contribution < 1.29 is 13.2 Å². The first kappa shape index (κ1) is 14.8. The molecule has 0 heterocycles. The summed E-state index contributed by atoms with van der Waals surface area (Å²) in [6.45, 7) is 0. The van der Waals surface area contributed by atoms with Crippen LogP contribution in [0.2, 0.25) is 0 Å². The van der Waals surface area contributed by atoms with Gasteiger partial charge in [0.15, 0.2) is 0 Å². The number of hydrogen-bond donors (Lipinski definition) is 2. The van der Waals surface area contributed by atoms with E-state index < -0.39 is 12.6 Å². The largest absolute Gasteiger partial charge is 0.389 e. The minimum atomic E-state index is -4.07. The average molecular weight is 252 g/mol. The molecule has 1 atom stereocenters. The van der Waals surface area contributed by atoms with Gasteiger partial charge in [-0.25, -0.2) is 0 Å². The third kappa shape index (κ3) is 6.88. The summed E-state index contributed by atoms with van der Waals surface area (Å²) in [4.78, 5) is 0. The zero-order valence-corrected chi connectivity index (χ0v) is 10.2. The van der Waals surface area contributed by atoms with Gasteiger partial charge < -0.3 is 0 Å². The van der Waals surface area contributed by atoms with Gasteiger partial charge in [-0.1, -0.05) is 32.1 Å². The lowest BCUT2D eigenvalue weighted by atomic mass is 9.85. The van der Waals surface area contributed by atoms with Gasteiger partial charge >= 0.3 is 6.18 Å². The van der Waals surface area contributed by atoms with Gasteiger partial charge in [-0.3, -0.25) is 11.3 Å². The second-order valence-corrected chi connectivity index (χ2v) is 5.10. The Bertz CT molecular complexity index is 200. The van der Waals surface area contributed by atoms with Crippen molar-refractivity contribution in [3.63, 3.8) is 0 Å². The van der Waals surface area contributed by atoms with Crippen LogP contribution in [0, 0.1) is 5.92 Å². The second kappa shape index (κ2) is 7.21. The summed E-state index contributed by atoms with van der Waals surface area (Å²) in [5.74, 6) is 6.00. The molecule has 1 unspecified atom stereocenters. The Morgan fingerprint density at radius 1 is 1.12 bits per heavy atom. The molecule has 0 amide bonds. The molecule has 0 aromatic rings. The minimum Gasteiger partial charge on any atom is -0.271 e. The van der Waals surface area contributed by atoms with Gasteiger partial charge in [-0.15, -0.1) is 0 Å². The molecule has 1 aliphatic rings. The Balaban J connectivity index is 2.17. The van der Waals surface area contributed by atoms with Crippen LogP contribution in [0.15, 0.2) is 0 Å². The van der Waals surface area contributed by atoms with Gasteiger partial charge in [0.1, 0.15) is 0 Å². The van der Waals surface area contributed by atoms with Gasteiger partial charge in [0.2, 0.25) is 0 Å². The van der Waals surface area contributed by atoms with Crippen molar-refractivity contribution in [3.8, 4) is 0 Å². The Kier molecular flexibility index (Phi) is 6.27. The van der Waals surface area contributed by atoms with E-state index in [0.29, 0.717) is 5.92 Å². The number of rotatable bonds is 6. The van der Waals surface area contributed by atoms with E-state index in [1.807, 2.05) is 0 Å². The summed E-state index contributed by atoms with van der Waals surface area (Å²) in [7, 11) is 0. The van der Waals surface area contributed by atoms with Crippen molar-refractivity contribution in [2.45, 2.75) is 70.0 Å². The molecule has 0 radical (unpaired) electrons. The monoisotopic (exact) mass is 252 g/mol. The first-order valence-corrected chi connectivity index (χ1v) is 6.54. The maximum absolute atomic E-state index is 12.1. The molecule has 1 aliphatic carbocycles. The molecule has 3 N–H and O–H groups in total. The summed E-state index contributed by atoms with van der Waals surface area (Å²) in [6.07, 6.45) is 3.36. The molecule has 0 aromatic heterocycles. The van der Waals surface area contributed by atoms with Crippen LogP contribution in [0.25, 0.3) is 0 Å². The molecule has 17 heavy (non-hydrogen) atoms. The molecule has 0 bridgehead atoms. The van der Waals surface area contributed by atoms with E-state index >= 15 is 0 Å². The smallest absolute Gasteiger partial charge is 0.271 e. The van der Waals surface area contributed by atoms with Crippen LogP contribution in [0.5, 0.6) is 0 Å². The Hall–Kier alpha value is -0.290. The molecule has 1 fully saturated rings. The van der Waals surface area contributed by atoms with Crippen LogP contribution in [0.1, 0.15) is 57.8 Å². The molecule has 102 valence electrons. The van der Waals surface area contributed by atoms with E-state index in [1.165, 1.54) is 32.1 Å². The van der Waals surface area contributed by atoms with Gasteiger partial charge in [0.25, 0.3) is 0 Å². The standard InChI is InChI=1S/C12H23F3N2/c13-12(14,15)9-8-11(17-16)7-6-10-4-2-1-3-5-10/h10-11,17H,1-9,16H2. The van der Waals surface area contributed by atoms with E-state index in [9.17, 15) is 13.2 Å². The third-order valence-electron chi connectivity index (χ3n) is 3.66. The quantitative estimate of drug-likeness (QED) is 0.560. The molecule has 1 rings (SSSR count). The van der Waals surface area contributed by atoms with E-state index in [4.69, 9.17) is 5.84 Å². The average Bonchev–Trinajstić information content (AvgIpc) is 2.29. The highest BCUT2D eigenvalue weighted by atomic mass is 19.4. The maximum Gasteiger partial charge on any atom is 0.389 e. The zero-order chi connectivity index (χ0) is 12.7. The summed E-state index contributed by atoms with van der Waals surface area (Å²) >= 11 is 0. The van der Waals surface area contributed by atoms with E-state index in [1.54, 1.807) is 0 Å². The van der Waals surface area contributed by atoms with E-state index in [-0.39, 0.29) is 12.5 Å². The summed E-state index contributed by atoms with van der Waals surface area (Å²) in [5, 5.41) is 0. The molecule has 1 saturated carbocycles. The molecule has 0 spiro atoms. The van der Waals surface area contributed by atoms with Gasteiger partial charge in [0.05, 0.1) is 0 Å². The number of hydrogen-bond acceptors (Lipinski definition) is 2. The molecule has 0 aliphatic heterocycles. The van der Waals surface area contributed by atoms with Gasteiger partial charge in [-0.05, 0) is 25.2 Å². The summed E-state index contributed by atoms with van der Waals surface area (Å²) in [5.41, 5.74) is 2.51. The second-order valence-electron chi connectivity index (χ2n) is 5.10. The van der Waals surface area contributed by atoms with Crippen LogP contribution >= 0.6 is 0 Å². The number of hydrazine groups is 1. The van der Waals surface area contributed by atoms with E-state index in [2.05, 4.69) is 5.43 Å². The molecule has 2 nitrogen and oxygen atoms in total. The van der Waals surface area contributed by atoms with E-state index in [0.717, 1.165) is 12.8 Å². The topological polar surface area (TPSA) is 38.0 Å². The highest BCUT2D eigenvalue weighted by molar-refractivity contribution is 4.71. The van der Waals surface area contributed by atoms with Crippen molar-refractivity contribution in [3.05, 3.63) is 0 Å². The summed E-state index contributed by atoms with van der Waals surface area (Å²) < 4.78 is 36.2.